The predicted molar refractivity (Wildman–Crippen MR) is 172 cm³/mol. The van der Waals surface area contributed by atoms with E-state index in [9.17, 15) is 63.2 Å². The summed E-state index contributed by atoms with van der Waals surface area (Å²) in [5, 5.41) is 21.7. The molecule has 0 atom stereocenters. The molecule has 0 amide bonds. The molecule has 54 heavy (non-hydrogen) atoms. The van der Waals surface area contributed by atoms with E-state index in [0.29, 0.717) is 45.8 Å². The summed E-state index contributed by atoms with van der Waals surface area (Å²) in [6, 6.07) is 13.4. The number of benzene rings is 5. The summed E-state index contributed by atoms with van der Waals surface area (Å²) in [5.74, 6) is 0. The Bertz CT molecular complexity index is 2650. The fourth-order valence-electron chi connectivity index (χ4n) is 6.62. The molecule has 270 valence electrons. The van der Waals surface area contributed by atoms with E-state index in [1.165, 1.54) is 42.5 Å². The summed E-state index contributed by atoms with van der Waals surface area (Å²) in [7, 11) is 0. The summed E-state index contributed by atoms with van der Waals surface area (Å²) in [6.07, 6.45) is -17.1. The monoisotopic (exact) mass is 754 g/mol. The number of hydrogen-bond donors (Lipinski definition) is 0. The number of alkyl halides is 12. The van der Waals surface area contributed by atoms with Gasteiger partial charge in [-0.05, 0) is 104 Å². The molecule has 0 N–H and O–H groups in total. The van der Waals surface area contributed by atoms with E-state index in [1.54, 1.807) is 18.5 Å². The topological polar surface area (TPSA) is 72.3 Å². The molecule has 0 saturated carbocycles. The molecule has 0 aromatic heterocycles. The normalized spacial score (nSPS) is 13.7. The van der Waals surface area contributed by atoms with Crippen LogP contribution in [-0.2, 0) is 24.7 Å². The third-order valence-electron chi connectivity index (χ3n) is 8.96. The fraction of sp³-hybridized carbons (Fsp3) is 0.105. The van der Waals surface area contributed by atoms with Gasteiger partial charge in [0.15, 0.2) is 0 Å². The highest BCUT2D eigenvalue weighted by Gasteiger charge is 2.38. The van der Waals surface area contributed by atoms with Crippen LogP contribution in [0.2, 0.25) is 0 Å². The number of nitriles is 2. The van der Waals surface area contributed by atoms with Crippen molar-refractivity contribution in [3.8, 4) is 34.6 Å². The lowest BCUT2D eigenvalue weighted by atomic mass is 9.97. The molecule has 0 aliphatic heterocycles. The van der Waals surface area contributed by atoms with Crippen molar-refractivity contribution < 1.29 is 52.7 Å². The van der Waals surface area contributed by atoms with Crippen LogP contribution >= 0.6 is 0 Å². The maximum Gasteiger partial charge on any atom is 0.416 e. The van der Waals surface area contributed by atoms with Crippen molar-refractivity contribution in [2.45, 2.75) is 24.7 Å². The van der Waals surface area contributed by atoms with Gasteiger partial charge in [0.2, 0.25) is 12.4 Å². The number of fused-ring (bicyclic) bond motifs is 6. The lowest BCUT2D eigenvalue weighted by Crippen LogP contribution is -2.11. The van der Waals surface area contributed by atoms with Gasteiger partial charge in [0.25, 0.3) is 0 Å². The molecule has 0 bridgehead atoms. The Balaban J connectivity index is 1.48. The highest BCUT2D eigenvalue weighted by molar-refractivity contribution is 6.22. The Morgan fingerprint density at radius 2 is 0.630 bits per heavy atom. The van der Waals surface area contributed by atoms with E-state index in [-0.39, 0.29) is 55.5 Å². The molecule has 4 nitrogen and oxygen atoms in total. The molecule has 0 spiro atoms. The minimum Gasteiger partial charge on any atom is -0.172 e. The summed E-state index contributed by atoms with van der Waals surface area (Å²) < 4.78 is 163. The van der Waals surface area contributed by atoms with Crippen LogP contribution in [0.4, 0.5) is 52.7 Å². The van der Waals surface area contributed by atoms with Crippen molar-refractivity contribution in [2.24, 2.45) is 9.98 Å². The molecule has 0 aliphatic rings. The first-order valence-corrected chi connectivity index (χ1v) is 15.2. The predicted octanol–water partition coefficient (Wildman–Crippen LogP) is 11.3. The van der Waals surface area contributed by atoms with Crippen molar-refractivity contribution in [1.82, 2.24) is 0 Å². The Labute approximate surface area is 293 Å². The minimum atomic E-state index is -5.10. The Kier molecular flexibility index (Phi) is 8.03. The standard InChI is InChI=1S/C38H14F12N4/c39-35(40,41)21-5-19(6-22(11-21)36(42,43)44)17-1-3-25-27-13-28-26-4-2-18(20-7-23(37(45,46)47)12-24(8-20)38(48,49)50)10-30(26)34(54-16-52)32(28)14-31(27)33(53-15-51)29(25)9-17/h1-14H. The van der Waals surface area contributed by atoms with Crippen LogP contribution < -0.4 is 10.7 Å². The molecule has 0 aliphatic carbocycles. The van der Waals surface area contributed by atoms with Gasteiger partial charge in [-0.15, -0.1) is 0 Å². The SMILES string of the molecule is N#CN=c1c2cc(-c3cc(C(F)(F)F)cc(C(F)(F)F)c3)ccc2c2cc3c(cc12)c(=NC#N)c1cc(-c2cc(C(F)(F)F)cc(C(F)(F)F)c2)ccc13. The van der Waals surface area contributed by atoms with E-state index < -0.39 is 58.1 Å². The van der Waals surface area contributed by atoms with Crippen LogP contribution in [0.3, 0.4) is 0 Å². The number of halogens is 12. The van der Waals surface area contributed by atoms with Crippen LogP contribution in [0, 0.1) is 22.9 Å². The zero-order valence-electron chi connectivity index (χ0n) is 26.4. The van der Waals surface area contributed by atoms with E-state index >= 15 is 0 Å². The molecule has 0 saturated heterocycles. The van der Waals surface area contributed by atoms with Gasteiger partial charge in [-0.2, -0.15) is 73.2 Å². The quantitative estimate of drug-likeness (QED) is 0.130. The largest absolute Gasteiger partial charge is 0.416 e. The first kappa shape index (κ1) is 36.0. The summed E-state index contributed by atoms with van der Waals surface area (Å²) in [4.78, 5) is 7.77. The smallest absolute Gasteiger partial charge is 0.172 e. The molecule has 0 heterocycles. The second-order valence-electron chi connectivity index (χ2n) is 12.2. The van der Waals surface area contributed by atoms with Gasteiger partial charge in [0.1, 0.15) is 0 Å². The van der Waals surface area contributed by atoms with Crippen molar-refractivity contribution in [3.05, 3.63) is 118 Å². The number of rotatable bonds is 2. The first-order valence-electron chi connectivity index (χ1n) is 15.2. The van der Waals surface area contributed by atoms with Crippen LogP contribution in [0.1, 0.15) is 22.3 Å². The third-order valence-corrected chi connectivity index (χ3v) is 8.96. The summed E-state index contributed by atoms with van der Waals surface area (Å²) in [6.45, 7) is 0. The van der Waals surface area contributed by atoms with Crippen molar-refractivity contribution >= 4 is 43.1 Å². The molecule has 7 rings (SSSR count). The van der Waals surface area contributed by atoms with Crippen LogP contribution in [0.15, 0.2) is 94.9 Å². The molecule has 16 heteroatoms. The highest BCUT2D eigenvalue weighted by atomic mass is 19.4. The third kappa shape index (κ3) is 6.13. The lowest BCUT2D eigenvalue weighted by molar-refractivity contribution is -0.144. The summed E-state index contributed by atoms with van der Waals surface area (Å²) in [5.41, 5.74) is -7.04. The number of hydrogen-bond acceptors (Lipinski definition) is 4. The fourth-order valence-corrected chi connectivity index (χ4v) is 6.62. The maximum absolute atomic E-state index is 13.6. The molecule has 0 fully saturated rings. The second-order valence-corrected chi connectivity index (χ2v) is 12.2. The Hall–Kier alpha value is -6.42. The zero-order valence-corrected chi connectivity index (χ0v) is 26.4. The van der Waals surface area contributed by atoms with E-state index in [2.05, 4.69) is 9.98 Å². The zero-order chi connectivity index (χ0) is 39.1. The molecular formula is C38H14F12N4. The molecule has 7 aromatic carbocycles. The lowest BCUT2D eigenvalue weighted by Gasteiger charge is -2.14. The van der Waals surface area contributed by atoms with Crippen molar-refractivity contribution in [1.29, 1.82) is 10.5 Å². The van der Waals surface area contributed by atoms with Crippen molar-refractivity contribution in [2.75, 3.05) is 0 Å². The average Bonchev–Trinajstić information content (AvgIpc) is 3.56. The van der Waals surface area contributed by atoms with Gasteiger partial charge in [-0.25, -0.2) is 0 Å². The van der Waals surface area contributed by atoms with Crippen LogP contribution in [-0.4, -0.2) is 0 Å². The number of nitrogens with zero attached hydrogens (tertiary/aromatic N) is 4. The Morgan fingerprint density at radius 1 is 0.333 bits per heavy atom. The first-order chi connectivity index (χ1) is 25.2. The average molecular weight is 755 g/mol. The van der Waals surface area contributed by atoms with Crippen LogP contribution in [0.25, 0.3) is 65.3 Å². The van der Waals surface area contributed by atoms with Gasteiger partial charge in [-0.3, -0.25) is 0 Å². The summed E-state index contributed by atoms with van der Waals surface area (Å²) >= 11 is 0. The van der Waals surface area contributed by atoms with E-state index in [4.69, 9.17) is 0 Å². The minimum absolute atomic E-state index is 0.00259. The Morgan fingerprint density at radius 3 is 0.926 bits per heavy atom. The van der Waals surface area contributed by atoms with Gasteiger partial charge in [0.05, 0.1) is 33.0 Å². The van der Waals surface area contributed by atoms with Crippen molar-refractivity contribution in [3.63, 3.8) is 0 Å². The van der Waals surface area contributed by atoms with Gasteiger partial charge >= 0.3 is 24.7 Å². The van der Waals surface area contributed by atoms with Gasteiger partial charge in [0, 0.05) is 21.5 Å². The van der Waals surface area contributed by atoms with Crippen LogP contribution in [0.5, 0.6) is 0 Å². The van der Waals surface area contributed by atoms with E-state index in [1.807, 2.05) is 0 Å². The highest BCUT2D eigenvalue weighted by Crippen LogP contribution is 2.42. The second kappa shape index (κ2) is 12.1. The maximum atomic E-state index is 13.6. The van der Waals surface area contributed by atoms with E-state index in [0.717, 1.165) is 0 Å². The molecule has 7 aromatic rings. The van der Waals surface area contributed by atoms with Gasteiger partial charge < -0.3 is 0 Å². The molecule has 0 radical (unpaired) electrons. The molecular weight excluding hydrogens is 740 g/mol. The molecule has 0 unspecified atom stereocenters. The van der Waals surface area contributed by atoms with Gasteiger partial charge in [-0.1, -0.05) is 24.3 Å².